The predicted octanol–water partition coefficient (Wildman–Crippen LogP) is -0.632. The first-order valence-electron chi connectivity index (χ1n) is 4.56. The summed E-state index contributed by atoms with van der Waals surface area (Å²) in [5, 5.41) is 12.1. The lowest BCUT2D eigenvalue weighted by Gasteiger charge is -2.40. The SMILES string of the molecule is OCC[N+]1(CCF)CCNCC1. The number of rotatable bonds is 4. The van der Waals surface area contributed by atoms with Crippen molar-refractivity contribution in [1.29, 1.82) is 0 Å². The molecule has 0 radical (unpaired) electrons. The number of quaternary nitrogens is 1. The van der Waals surface area contributed by atoms with Crippen molar-refractivity contribution in [3.63, 3.8) is 0 Å². The summed E-state index contributed by atoms with van der Waals surface area (Å²) in [4.78, 5) is 0. The Labute approximate surface area is 72.8 Å². The van der Waals surface area contributed by atoms with Crippen LogP contribution in [0.15, 0.2) is 0 Å². The van der Waals surface area contributed by atoms with Gasteiger partial charge in [-0.3, -0.25) is 0 Å². The van der Waals surface area contributed by atoms with Crippen molar-refractivity contribution in [2.45, 2.75) is 0 Å². The van der Waals surface area contributed by atoms with Crippen molar-refractivity contribution in [3.8, 4) is 0 Å². The van der Waals surface area contributed by atoms with Crippen LogP contribution in [0.5, 0.6) is 0 Å². The van der Waals surface area contributed by atoms with Gasteiger partial charge >= 0.3 is 0 Å². The molecule has 1 rings (SSSR count). The highest BCUT2D eigenvalue weighted by Crippen LogP contribution is 2.07. The maximum absolute atomic E-state index is 12.2. The second-order valence-corrected chi connectivity index (χ2v) is 3.40. The maximum atomic E-state index is 12.2. The van der Waals surface area contributed by atoms with Crippen LogP contribution >= 0.6 is 0 Å². The van der Waals surface area contributed by atoms with E-state index in [2.05, 4.69) is 5.32 Å². The number of piperazine rings is 1. The quantitative estimate of drug-likeness (QED) is 0.560. The lowest BCUT2D eigenvalue weighted by Crippen LogP contribution is -2.60. The van der Waals surface area contributed by atoms with E-state index < -0.39 is 0 Å². The van der Waals surface area contributed by atoms with Crippen molar-refractivity contribution < 1.29 is 14.0 Å². The Kier molecular flexibility index (Phi) is 3.91. The molecule has 1 saturated heterocycles. The van der Waals surface area contributed by atoms with Gasteiger partial charge in [0, 0.05) is 13.1 Å². The zero-order valence-electron chi connectivity index (χ0n) is 7.43. The van der Waals surface area contributed by atoms with Gasteiger partial charge in [0.05, 0.1) is 19.7 Å². The molecule has 2 N–H and O–H groups in total. The Morgan fingerprint density at radius 2 is 1.92 bits per heavy atom. The van der Waals surface area contributed by atoms with Crippen LogP contribution in [0.2, 0.25) is 0 Å². The maximum Gasteiger partial charge on any atom is 0.138 e. The smallest absolute Gasteiger partial charge is 0.138 e. The highest BCUT2D eigenvalue weighted by atomic mass is 19.1. The lowest BCUT2D eigenvalue weighted by molar-refractivity contribution is -0.929. The van der Waals surface area contributed by atoms with E-state index in [1.165, 1.54) is 0 Å². The Morgan fingerprint density at radius 3 is 2.42 bits per heavy atom. The number of halogens is 1. The van der Waals surface area contributed by atoms with Gasteiger partial charge in [0.1, 0.15) is 19.8 Å². The Hall–Kier alpha value is -0.190. The second kappa shape index (κ2) is 4.74. The van der Waals surface area contributed by atoms with Crippen LogP contribution in [-0.4, -0.2) is 62.1 Å². The van der Waals surface area contributed by atoms with E-state index in [0.29, 0.717) is 13.1 Å². The fraction of sp³-hybridized carbons (Fsp3) is 1.00. The molecule has 0 unspecified atom stereocenters. The molecule has 0 saturated carbocycles. The van der Waals surface area contributed by atoms with Crippen LogP contribution in [0.3, 0.4) is 0 Å². The van der Waals surface area contributed by atoms with Crippen LogP contribution in [0, 0.1) is 0 Å². The van der Waals surface area contributed by atoms with Gasteiger partial charge in [-0.1, -0.05) is 0 Å². The van der Waals surface area contributed by atoms with Crippen molar-refractivity contribution in [2.24, 2.45) is 0 Å². The fourth-order valence-corrected chi connectivity index (χ4v) is 1.82. The molecule has 12 heavy (non-hydrogen) atoms. The van der Waals surface area contributed by atoms with Crippen LogP contribution in [0.25, 0.3) is 0 Å². The second-order valence-electron chi connectivity index (χ2n) is 3.40. The van der Waals surface area contributed by atoms with E-state index >= 15 is 0 Å². The summed E-state index contributed by atoms with van der Waals surface area (Å²) in [7, 11) is 0. The third kappa shape index (κ3) is 2.40. The summed E-state index contributed by atoms with van der Waals surface area (Å²) in [6.45, 7) is 4.93. The largest absolute Gasteiger partial charge is 0.391 e. The summed E-state index contributed by atoms with van der Waals surface area (Å²) in [5.74, 6) is 0. The van der Waals surface area contributed by atoms with Crippen LogP contribution in [0.1, 0.15) is 0 Å². The molecule has 3 nitrogen and oxygen atoms in total. The number of alkyl halides is 1. The molecule has 0 bridgehead atoms. The summed E-state index contributed by atoms with van der Waals surface area (Å²) in [5.41, 5.74) is 0. The van der Waals surface area contributed by atoms with E-state index in [-0.39, 0.29) is 13.3 Å². The average molecular weight is 177 g/mol. The minimum atomic E-state index is -0.278. The lowest BCUT2D eigenvalue weighted by atomic mass is 10.2. The average Bonchev–Trinajstić information content (AvgIpc) is 2.07. The van der Waals surface area contributed by atoms with Gasteiger partial charge in [0.2, 0.25) is 0 Å². The molecule has 4 heteroatoms. The van der Waals surface area contributed by atoms with Gasteiger partial charge in [-0.15, -0.1) is 0 Å². The topological polar surface area (TPSA) is 32.3 Å². The molecule has 0 amide bonds. The Morgan fingerprint density at radius 1 is 1.25 bits per heavy atom. The fourth-order valence-electron chi connectivity index (χ4n) is 1.82. The molecule has 0 atom stereocenters. The van der Waals surface area contributed by atoms with Gasteiger partial charge < -0.3 is 14.9 Å². The highest BCUT2D eigenvalue weighted by molar-refractivity contribution is 4.57. The zero-order valence-corrected chi connectivity index (χ0v) is 7.43. The predicted molar refractivity (Wildman–Crippen MR) is 45.7 cm³/mol. The minimum Gasteiger partial charge on any atom is -0.391 e. The molecule has 0 aromatic heterocycles. The van der Waals surface area contributed by atoms with Gasteiger partial charge in [0.15, 0.2) is 0 Å². The van der Waals surface area contributed by atoms with Crippen molar-refractivity contribution in [1.82, 2.24) is 5.32 Å². The summed E-state index contributed by atoms with van der Waals surface area (Å²) in [6.07, 6.45) is 0. The summed E-state index contributed by atoms with van der Waals surface area (Å²) >= 11 is 0. The monoisotopic (exact) mass is 177 g/mol. The minimum absolute atomic E-state index is 0.167. The molecular weight excluding hydrogens is 159 g/mol. The summed E-state index contributed by atoms with van der Waals surface area (Å²) in [6, 6.07) is 0. The first kappa shape index (κ1) is 9.89. The van der Waals surface area contributed by atoms with Gasteiger partial charge in [-0.2, -0.15) is 0 Å². The van der Waals surface area contributed by atoms with E-state index in [0.717, 1.165) is 30.7 Å². The Balaban J connectivity index is 2.44. The molecule has 0 aliphatic carbocycles. The molecule has 0 aromatic carbocycles. The van der Waals surface area contributed by atoms with Gasteiger partial charge in [0.25, 0.3) is 0 Å². The van der Waals surface area contributed by atoms with E-state index in [1.54, 1.807) is 0 Å². The third-order valence-corrected chi connectivity index (χ3v) is 2.66. The zero-order chi connectivity index (χ0) is 8.86. The summed E-state index contributed by atoms with van der Waals surface area (Å²) < 4.78 is 13.0. The first-order valence-corrected chi connectivity index (χ1v) is 4.56. The molecular formula is C8H18FN2O+. The standard InChI is InChI=1S/C8H18FN2O/c9-1-4-11(7-8-12)5-2-10-3-6-11/h10,12H,1-8H2/q+1. The van der Waals surface area contributed by atoms with E-state index in [4.69, 9.17) is 5.11 Å². The number of aliphatic hydroxyl groups is 1. The highest BCUT2D eigenvalue weighted by Gasteiger charge is 2.28. The molecule has 0 spiro atoms. The molecule has 72 valence electrons. The normalized spacial score (nSPS) is 22.5. The number of nitrogens with zero attached hydrogens (tertiary/aromatic N) is 1. The van der Waals surface area contributed by atoms with Crippen LogP contribution in [0.4, 0.5) is 4.39 Å². The number of hydrogen-bond donors (Lipinski definition) is 2. The molecule has 1 aliphatic rings. The number of hydrogen-bond acceptors (Lipinski definition) is 2. The van der Waals surface area contributed by atoms with Crippen molar-refractivity contribution >= 4 is 0 Å². The van der Waals surface area contributed by atoms with E-state index in [9.17, 15) is 4.39 Å². The molecule has 1 heterocycles. The number of nitrogens with one attached hydrogen (secondary N) is 1. The van der Waals surface area contributed by atoms with Gasteiger partial charge in [-0.05, 0) is 0 Å². The van der Waals surface area contributed by atoms with Crippen LogP contribution in [-0.2, 0) is 0 Å². The van der Waals surface area contributed by atoms with Crippen LogP contribution < -0.4 is 5.32 Å². The van der Waals surface area contributed by atoms with Crippen molar-refractivity contribution in [3.05, 3.63) is 0 Å². The van der Waals surface area contributed by atoms with Crippen molar-refractivity contribution in [2.75, 3.05) is 52.6 Å². The van der Waals surface area contributed by atoms with E-state index in [1.807, 2.05) is 0 Å². The first-order chi connectivity index (χ1) is 5.83. The molecule has 1 aliphatic heterocycles. The molecule has 0 aromatic rings. The Bertz CT molecular complexity index is 111. The third-order valence-electron chi connectivity index (χ3n) is 2.66. The molecule has 1 fully saturated rings. The van der Waals surface area contributed by atoms with Gasteiger partial charge in [-0.25, -0.2) is 4.39 Å². The number of aliphatic hydroxyl groups excluding tert-OH is 1.